The van der Waals surface area contributed by atoms with E-state index in [9.17, 15) is 9.59 Å². The molecule has 0 aliphatic carbocycles. The molecule has 3 N–H and O–H groups in total. The number of pyridine rings is 1. The number of carbonyl (C=O) groups excluding carboxylic acids is 2. The Morgan fingerprint density at radius 1 is 1.04 bits per heavy atom. The molecule has 6 heteroatoms. The van der Waals surface area contributed by atoms with Gasteiger partial charge in [-0.05, 0) is 24.6 Å². The van der Waals surface area contributed by atoms with E-state index >= 15 is 0 Å². The summed E-state index contributed by atoms with van der Waals surface area (Å²) in [5.41, 5.74) is 1.80. The molecule has 0 aliphatic rings. The first kappa shape index (κ1) is 16.6. The van der Waals surface area contributed by atoms with Crippen LogP contribution in [0.15, 0.2) is 54.7 Å². The number of imide groups is 1. The second kappa shape index (κ2) is 8.05. The molecule has 0 fully saturated rings. The normalized spacial score (nSPS) is 13.0. The predicted octanol–water partition coefficient (Wildman–Crippen LogP) is 1.60. The molecule has 1 aromatic heterocycles. The van der Waals surface area contributed by atoms with Crippen molar-refractivity contribution in [3.05, 3.63) is 66.0 Å². The zero-order chi connectivity index (χ0) is 16.7. The van der Waals surface area contributed by atoms with Gasteiger partial charge in [-0.1, -0.05) is 36.4 Å². The van der Waals surface area contributed by atoms with Crippen molar-refractivity contribution in [2.75, 3.05) is 7.05 Å². The minimum Gasteiger partial charge on any atom is -0.341 e. The summed E-state index contributed by atoms with van der Waals surface area (Å²) in [5, 5.41) is 7.85. The first-order valence-electron chi connectivity index (χ1n) is 7.36. The van der Waals surface area contributed by atoms with Crippen molar-refractivity contribution >= 4 is 11.9 Å². The molecule has 1 aromatic carbocycles. The lowest BCUT2D eigenvalue weighted by Gasteiger charge is -2.22. The molecule has 0 aliphatic heterocycles. The zero-order valence-electron chi connectivity index (χ0n) is 13.1. The molecule has 0 saturated carbocycles. The summed E-state index contributed by atoms with van der Waals surface area (Å²) in [6.45, 7) is 1.71. The maximum atomic E-state index is 12.1. The number of rotatable bonds is 5. The number of hydrogen-bond donors (Lipinski definition) is 3. The van der Waals surface area contributed by atoms with Crippen LogP contribution in [0.2, 0.25) is 0 Å². The third kappa shape index (κ3) is 4.62. The Bertz CT molecular complexity index is 607. The van der Waals surface area contributed by atoms with Crippen LogP contribution in [0.4, 0.5) is 4.79 Å². The molecule has 3 amide bonds. The molecular weight excluding hydrogens is 292 g/mol. The number of aromatic nitrogens is 1. The highest BCUT2D eigenvalue weighted by atomic mass is 16.2. The fraction of sp³-hybridized carbons (Fsp3) is 0.235. The monoisotopic (exact) mass is 312 g/mol. The van der Waals surface area contributed by atoms with Gasteiger partial charge in [0.05, 0.1) is 17.8 Å². The lowest BCUT2D eigenvalue weighted by atomic mass is 10.0. The standard InChI is InChI=1S/C17H20N4O2/c1-12(16(22)21-17(23)18-2)20-15(13-8-4-3-5-9-13)14-10-6-7-11-19-14/h3-12,15,20H,1-2H3,(H2,18,21,22,23)/t12-,15-/m1/s1. The Morgan fingerprint density at radius 2 is 1.74 bits per heavy atom. The Hall–Kier alpha value is -2.73. The fourth-order valence-corrected chi connectivity index (χ4v) is 2.15. The minimum atomic E-state index is -0.570. The van der Waals surface area contributed by atoms with Crippen molar-refractivity contribution in [1.82, 2.24) is 20.9 Å². The third-order valence-corrected chi connectivity index (χ3v) is 3.39. The van der Waals surface area contributed by atoms with Gasteiger partial charge in [0, 0.05) is 13.2 Å². The van der Waals surface area contributed by atoms with Crippen LogP contribution in [-0.2, 0) is 4.79 Å². The van der Waals surface area contributed by atoms with Crippen LogP contribution in [0.5, 0.6) is 0 Å². The summed E-state index contributed by atoms with van der Waals surface area (Å²) in [4.78, 5) is 27.7. The highest BCUT2D eigenvalue weighted by Crippen LogP contribution is 2.20. The van der Waals surface area contributed by atoms with Crippen LogP contribution in [0.1, 0.15) is 24.2 Å². The number of carbonyl (C=O) groups is 2. The first-order chi connectivity index (χ1) is 11.1. The number of amides is 3. The molecule has 0 unspecified atom stereocenters. The first-order valence-corrected chi connectivity index (χ1v) is 7.36. The van der Waals surface area contributed by atoms with Gasteiger partial charge in [-0.2, -0.15) is 0 Å². The number of nitrogens with zero attached hydrogens (tertiary/aromatic N) is 1. The topological polar surface area (TPSA) is 83.1 Å². The molecule has 2 rings (SSSR count). The molecule has 2 aromatic rings. The molecule has 120 valence electrons. The predicted molar refractivity (Wildman–Crippen MR) is 87.7 cm³/mol. The van der Waals surface area contributed by atoms with Gasteiger partial charge in [0.2, 0.25) is 5.91 Å². The number of urea groups is 1. The number of benzene rings is 1. The van der Waals surface area contributed by atoms with Crippen molar-refractivity contribution in [3.63, 3.8) is 0 Å². The van der Waals surface area contributed by atoms with Gasteiger partial charge < -0.3 is 5.32 Å². The minimum absolute atomic E-state index is 0.247. The maximum absolute atomic E-state index is 12.1. The van der Waals surface area contributed by atoms with Gasteiger partial charge in [-0.25, -0.2) is 4.79 Å². The second-order valence-electron chi connectivity index (χ2n) is 5.06. The van der Waals surface area contributed by atoms with Crippen molar-refractivity contribution in [2.45, 2.75) is 19.0 Å². The SMILES string of the molecule is CNC(=O)NC(=O)[C@@H](C)N[C@H](c1ccccc1)c1ccccn1. The van der Waals surface area contributed by atoms with E-state index < -0.39 is 18.0 Å². The van der Waals surface area contributed by atoms with Crippen LogP contribution >= 0.6 is 0 Å². The molecular formula is C17H20N4O2. The summed E-state index contributed by atoms with van der Waals surface area (Å²) in [6.07, 6.45) is 1.71. The van der Waals surface area contributed by atoms with Crippen molar-refractivity contribution in [3.8, 4) is 0 Å². The average molecular weight is 312 g/mol. The van der Waals surface area contributed by atoms with E-state index in [0.717, 1.165) is 11.3 Å². The molecule has 2 atom stereocenters. The van der Waals surface area contributed by atoms with Crippen molar-refractivity contribution in [1.29, 1.82) is 0 Å². The third-order valence-electron chi connectivity index (χ3n) is 3.39. The Kier molecular flexibility index (Phi) is 5.82. The van der Waals surface area contributed by atoms with E-state index in [2.05, 4.69) is 20.9 Å². The zero-order valence-corrected chi connectivity index (χ0v) is 13.1. The van der Waals surface area contributed by atoms with Gasteiger partial charge in [-0.3, -0.25) is 20.4 Å². The summed E-state index contributed by atoms with van der Waals surface area (Å²) < 4.78 is 0. The highest BCUT2D eigenvalue weighted by molar-refractivity contribution is 5.96. The highest BCUT2D eigenvalue weighted by Gasteiger charge is 2.22. The van der Waals surface area contributed by atoms with Crippen molar-refractivity contribution < 1.29 is 9.59 Å². The largest absolute Gasteiger partial charge is 0.341 e. The fourth-order valence-electron chi connectivity index (χ4n) is 2.15. The van der Waals surface area contributed by atoms with Crippen LogP contribution < -0.4 is 16.0 Å². The molecule has 0 radical (unpaired) electrons. The van der Waals surface area contributed by atoms with E-state index in [1.807, 2.05) is 48.5 Å². The van der Waals surface area contributed by atoms with Gasteiger partial charge >= 0.3 is 6.03 Å². The average Bonchev–Trinajstić information content (AvgIpc) is 2.60. The van der Waals surface area contributed by atoms with Gasteiger partial charge in [0.1, 0.15) is 0 Å². The van der Waals surface area contributed by atoms with Gasteiger partial charge in [0.25, 0.3) is 0 Å². The van der Waals surface area contributed by atoms with Crippen molar-refractivity contribution in [2.24, 2.45) is 0 Å². The molecule has 0 saturated heterocycles. The van der Waals surface area contributed by atoms with E-state index in [4.69, 9.17) is 0 Å². The van der Waals surface area contributed by atoms with E-state index in [-0.39, 0.29) is 6.04 Å². The quantitative estimate of drug-likeness (QED) is 0.783. The molecule has 23 heavy (non-hydrogen) atoms. The summed E-state index contributed by atoms with van der Waals surface area (Å²) in [5.74, 6) is -0.402. The molecule has 0 bridgehead atoms. The number of hydrogen-bond acceptors (Lipinski definition) is 4. The smallest absolute Gasteiger partial charge is 0.321 e. The van der Waals surface area contributed by atoms with E-state index in [1.54, 1.807) is 13.1 Å². The van der Waals surface area contributed by atoms with Crippen LogP contribution in [0.25, 0.3) is 0 Å². The van der Waals surface area contributed by atoms with Gasteiger partial charge in [-0.15, -0.1) is 0 Å². The van der Waals surface area contributed by atoms with Crippen LogP contribution in [0.3, 0.4) is 0 Å². The second-order valence-corrected chi connectivity index (χ2v) is 5.06. The molecule has 1 heterocycles. The summed E-state index contributed by atoms with van der Waals surface area (Å²) in [6, 6.07) is 14.0. The van der Waals surface area contributed by atoms with Crippen LogP contribution in [0, 0.1) is 0 Å². The lowest BCUT2D eigenvalue weighted by molar-refractivity contribution is -0.121. The Balaban J connectivity index is 2.19. The van der Waals surface area contributed by atoms with Crippen LogP contribution in [-0.4, -0.2) is 30.0 Å². The van der Waals surface area contributed by atoms with E-state index in [0.29, 0.717) is 0 Å². The maximum Gasteiger partial charge on any atom is 0.321 e. The molecule has 6 nitrogen and oxygen atoms in total. The van der Waals surface area contributed by atoms with Gasteiger partial charge in [0.15, 0.2) is 0 Å². The van der Waals surface area contributed by atoms with E-state index in [1.165, 1.54) is 7.05 Å². The summed E-state index contributed by atoms with van der Waals surface area (Å²) >= 11 is 0. The summed E-state index contributed by atoms with van der Waals surface area (Å²) in [7, 11) is 1.46. The Morgan fingerprint density at radius 3 is 2.35 bits per heavy atom. The lowest BCUT2D eigenvalue weighted by Crippen LogP contribution is -2.48. The Labute approximate surface area is 135 Å². The molecule has 0 spiro atoms. The number of nitrogens with one attached hydrogen (secondary N) is 3.